The largest absolute Gasteiger partial charge is 0.464 e. The van der Waals surface area contributed by atoms with E-state index in [0.717, 1.165) is 27.8 Å². The van der Waals surface area contributed by atoms with Crippen molar-refractivity contribution < 1.29 is 18.7 Å². The number of hydrogen-bond acceptors (Lipinski definition) is 7. The van der Waals surface area contributed by atoms with Gasteiger partial charge < -0.3 is 9.15 Å². The summed E-state index contributed by atoms with van der Waals surface area (Å²) in [6, 6.07) is 5.81. The molecule has 0 aliphatic heterocycles. The fraction of sp³-hybridized carbons (Fsp3) is 0.300. The highest BCUT2D eigenvalue weighted by atomic mass is 32.1. The number of esters is 1. The van der Waals surface area contributed by atoms with E-state index in [2.05, 4.69) is 4.98 Å². The van der Waals surface area contributed by atoms with Gasteiger partial charge in [0.25, 0.3) is 0 Å². The van der Waals surface area contributed by atoms with Crippen LogP contribution in [0, 0.1) is 32.1 Å². The molecule has 0 aliphatic rings. The Kier molecular flexibility index (Phi) is 5.38. The number of benzene rings is 1. The van der Waals surface area contributed by atoms with Gasteiger partial charge in [-0.25, -0.2) is 4.98 Å². The second-order valence-electron chi connectivity index (χ2n) is 6.34. The first kappa shape index (κ1) is 18.8. The molecule has 3 aromatic rings. The van der Waals surface area contributed by atoms with Crippen LogP contribution in [0.1, 0.15) is 33.3 Å². The third-order valence-corrected chi connectivity index (χ3v) is 5.41. The van der Waals surface area contributed by atoms with E-state index in [0.29, 0.717) is 10.6 Å². The van der Waals surface area contributed by atoms with Crippen LogP contribution in [0.5, 0.6) is 0 Å². The zero-order valence-corrected chi connectivity index (χ0v) is 16.1. The molecule has 6 nitrogen and oxygen atoms in total. The van der Waals surface area contributed by atoms with Crippen molar-refractivity contribution in [1.29, 1.82) is 5.26 Å². The Morgan fingerprint density at radius 2 is 2.11 bits per heavy atom. The molecule has 0 aliphatic carbocycles. The number of furan rings is 1. The molecule has 0 radical (unpaired) electrons. The van der Waals surface area contributed by atoms with Crippen molar-refractivity contribution >= 4 is 34.1 Å². The summed E-state index contributed by atoms with van der Waals surface area (Å²) in [6.45, 7) is 5.29. The number of aromatic nitrogens is 1. The molecule has 0 bridgehead atoms. The van der Waals surface area contributed by atoms with Gasteiger partial charge in [-0.15, -0.1) is 11.3 Å². The Labute approximate surface area is 160 Å². The van der Waals surface area contributed by atoms with Crippen molar-refractivity contribution in [3.63, 3.8) is 0 Å². The highest BCUT2D eigenvalue weighted by molar-refractivity contribution is 7.09. The molecular weight excluding hydrogens is 364 g/mol. The first-order valence-electron chi connectivity index (χ1n) is 8.37. The van der Waals surface area contributed by atoms with Crippen LogP contribution in [0.25, 0.3) is 11.0 Å². The van der Waals surface area contributed by atoms with Gasteiger partial charge in [0.05, 0.1) is 18.8 Å². The molecule has 7 heteroatoms. The minimum atomic E-state index is -1.02. The van der Waals surface area contributed by atoms with Crippen LogP contribution in [0.3, 0.4) is 0 Å². The Hall–Kier alpha value is -2.98. The molecule has 0 N–H and O–H groups in total. The Bertz CT molecular complexity index is 1060. The highest BCUT2D eigenvalue weighted by Crippen LogP contribution is 2.27. The van der Waals surface area contributed by atoms with E-state index in [1.54, 1.807) is 12.3 Å². The second-order valence-corrected chi connectivity index (χ2v) is 7.23. The van der Waals surface area contributed by atoms with Crippen LogP contribution in [0.15, 0.2) is 28.2 Å². The number of aryl methyl sites for hydroxylation is 3. The fourth-order valence-corrected chi connectivity index (χ4v) is 3.60. The topological polar surface area (TPSA) is 93.2 Å². The summed E-state index contributed by atoms with van der Waals surface area (Å²) in [4.78, 5) is 28.5. The number of nitriles is 1. The molecular formula is C20H18N2O4S. The number of hydrogen-bond donors (Lipinski definition) is 0. The van der Waals surface area contributed by atoms with Crippen molar-refractivity contribution in [3.8, 4) is 6.07 Å². The molecule has 0 amide bonds. The quantitative estimate of drug-likeness (QED) is 0.602. The number of nitrogens with zero attached hydrogens (tertiary/aromatic N) is 2. The normalized spacial score (nSPS) is 11.9. The number of carbonyl (C=O) groups excluding carboxylic acids is 2. The summed E-state index contributed by atoms with van der Waals surface area (Å²) < 4.78 is 10.7. The summed E-state index contributed by atoms with van der Waals surface area (Å²) in [5.41, 5.74) is 4.34. The third-order valence-electron chi connectivity index (χ3n) is 4.39. The Morgan fingerprint density at radius 1 is 1.33 bits per heavy atom. The summed E-state index contributed by atoms with van der Waals surface area (Å²) >= 11 is 1.25. The maximum Gasteiger partial charge on any atom is 0.310 e. The van der Waals surface area contributed by atoms with Crippen molar-refractivity contribution in [2.45, 2.75) is 33.1 Å². The molecule has 0 spiro atoms. The first-order valence-corrected chi connectivity index (χ1v) is 9.25. The molecule has 2 heterocycles. The summed E-state index contributed by atoms with van der Waals surface area (Å²) in [5.74, 6) is -2.04. The monoisotopic (exact) mass is 382 g/mol. The lowest BCUT2D eigenvalue weighted by atomic mass is 10.0. The third kappa shape index (κ3) is 3.91. The predicted octanol–water partition coefficient (Wildman–Crippen LogP) is 3.78. The fourth-order valence-electron chi connectivity index (χ4n) is 2.74. The van der Waals surface area contributed by atoms with E-state index in [-0.39, 0.29) is 6.42 Å². The molecule has 1 atom stereocenters. The van der Waals surface area contributed by atoms with Crippen molar-refractivity contribution in [3.05, 3.63) is 51.2 Å². The number of thiazole rings is 1. The summed E-state index contributed by atoms with van der Waals surface area (Å²) in [5, 5.41) is 12.3. The van der Waals surface area contributed by atoms with Crippen molar-refractivity contribution in [2.75, 3.05) is 6.61 Å². The minimum Gasteiger partial charge on any atom is -0.464 e. The van der Waals surface area contributed by atoms with Gasteiger partial charge in [0, 0.05) is 22.0 Å². The van der Waals surface area contributed by atoms with Crippen LogP contribution in [0.2, 0.25) is 0 Å². The van der Waals surface area contributed by atoms with E-state index in [9.17, 15) is 14.9 Å². The van der Waals surface area contributed by atoms with Crippen LogP contribution in [-0.4, -0.2) is 23.3 Å². The van der Waals surface area contributed by atoms with Crippen molar-refractivity contribution in [1.82, 2.24) is 4.98 Å². The van der Waals surface area contributed by atoms with E-state index in [1.165, 1.54) is 17.6 Å². The molecule has 138 valence electrons. The average Bonchev–Trinajstić information content (AvgIpc) is 3.24. The van der Waals surface area contributed by atoms with Gasteiger partial charge in [0.15, 0.2) is 18.3 Å². The van der Waals surface area contributed by atoms with Crippen LogP contribution in [-0.2, 0) is 20.7 Å². The van der Waals surface area contributed by atoms with Gasteiger partial charge in [-0.2, -0.15) is 5.26 Å². The van der Waals surface area contributed by atoms with Gasteiger partial charge in [0.1, 0.15) is 10.6 Å². The highest BCUT2D eigenvalue weighted by Gasteiger charge is 2.24. The minimum absolute atomic E-state index is 0.00361. The zero-order valence-electron chi connectivity index (χ0n) is 15.2. The number of rotatable bonds is 6. The molecule has 0 fully saturated rings. The van der Waals surface area contributed by atoms with Gasteiger partial charge in [-0.1, -0.05) is 12.1 Å². The molecule has 3 rings (SSSR count). The maximum absolute atomic E-state index is 12.2. The maximum atomic E-state index is 12.2. The lowest BCUT2D eigenvalue weighted by Gasteiger charge is -2.06. The average molecular weight is 382 g/mol. The van der Waals surface area contributed by atoms with Crippen LogP contribution < -0.4 is 0 Å². The van der Waals surface area contributed by atoms with Crippen LogP contribution >= 0.6 is 11.3 Å². The molecule has 0 saturated carbocycles. The summed E-state index contributed by atoms with van der Waals surface area (Å²) in [7, 11) is 0. The number of ether oxygens (including phenoxy) is 1. The van der Waals surface area contributed by atoms with E-state index in [4.69, 9.17) is 9.15 Å². The molecule has 27 heavy (non-hydrogen) atoms. The Morgan fingerprint density at radius 3 is 2.78 bits per heavy atom. The molecule has 2 aromatic heterocycles. The zero-order chi connectivity index (χ0) is 19.6. The predicted molar refractivity (Wildman–Crippen MR) is 101 cm³/mol. The van der Waals surface area contributed by atoms with Gasteiger partial charge in [-0.05, 0) is 31.9 Å². The van der Waals surface area contributed by atoms with Gasteiger partial charge in [-0.3, -0.25) is 9.59 Å². The van der Waals surface area contributed by atoms with E-state index in [1.807, 2.05) is 32.0 Å². The Balaban J connectivity index is 1.64. The number of Topliss-reactive ketones (excluding diaryl/α,β-unsaturated/α-hetero) is 1. The lowest BCUT2D eigenvalue weighted by molar-refractivity contribution is -0.147. The smallest absolute Gasteiger partial charge is 0.310 e. The molecule has 0 saturated heterocycles. The number of carbonyl (C=O) groups is 2. The van der Waals surface area contributed by atoms with Crippen LogP contribution in [0.4, 0.5) is 0 Å². The summed E-state index contributed by atoms with van der Waals surface area (Å²) in [6.07, 6.45) is 1.53. The van der Waals surface area contributed by atoms with Crippen molar-refractivity contribution in [2.24, 2.45) is 0 Å². The standard InChI is InChI=1S/C20H18N2O4S/c1-11-4-5-15-14(8-26-19(15)13(11)3)6-18(24)25-9-17(23)16(7-21)20-22-12(2)10-27-20/h4-5,8,10,16H,6,9H2,1-3H3/t16-/m1/s1. The lowest BCUT2D eigenvalue weighted by Crippen LogP contribution is -2.20. The number of fused-ring (bicyclic) bond motifs is 1. The number of ketones is 1. The van der Waals surface area contributed by atoms with Gasteiger partial charge >= 0.3 is 5.97 Å². The van der Waals surface area contributed by atoms with E-state index < -0.39 is 24.3 Å². The molecule has 0 unspecified atom stereocenters. The SMILES string of the molecule is Cc1csc([C@H](C#N)C(=O)COC(=O)Cc2coc3c(C)c(C)ccc23)n1. The van der Waals surface area contributed by atoms with E-state index >= 15 is 0 Å². The van der Waals surface area contributed by atoms with Gasteiger partial charge in [0.2, 0.25) is 0 Å². The second kappa shape index (κ2) is 7.72. The molecule has 1 aromatic carbocycles. The first-order chi connectivity index (χ1) is 12.9.